The second-order valence-electron chi connectivity index (χ2n) is 4.97. The first-order chi connectivity index (χ1) is 10.5. The van der Waals surface area contributed by atoms with E-state index in [1.165, 1.54) is 24.4 Å². The number of aliphatic carboxylic acids is 1. The van der Waals surface area contributed by atoms with Gasteiger partial charge in [0, 0.05) is 12.1 Å². The Hall–Kier alpha value is -2.28. The summed E-state index contributed by atoms with van der Waals surface area (Å²) in [6.45, 7) is 2.61. The minimum absolute atomic E-state index is 0.141. The standard InChI is InChI=1S/C15H17F2N3O2/c1-2-6-20(9-13(21)22)8-10-7-18-19-15(10)14-11(16)4-3-5-12(14)17/h3-5,7H,2,6,8-9H2,1H3,(H,18,19)(H,21,22). The van der Waals surface area contributed by atoms with Crippen molar-refractivity contribution in [3.63, 3.8) is 0 Å². The maximum atomic E-state index is 13.9. The normalized spacial score (nSPS) is 11.1. The molecule has 1 aromatic carbocycles. The number of aromatic amines is 1. The van der Waals surface area contributed by atoms with Crippen LogP contribution in [0.15, 0.2) is 24.4 Å². The van der Waals surface area contributed by atoms with Crippen molar-refractivity contribution >= 4 is 5.97 Å². The summed E-state index contributed by atoms with van der Waals surface area (Å²) in [5.41, 5.74) is 0.613. The molecular weight excluding hydrogens is 292 g/mol. The lowest BCUT2D eigenvalue weighted by atomic mass is 10.1. The molecule has 7 heteroatoms. The highest BCUT2D eigenvalue weighted by atomic mass is 19.1. The number of aromatic nitrogens is 2. The summed E-state index contributed by atoms with van der Waals surface area (Å²) in [7, 11) is 0. The molecular formula is C15H17F2N3O2. The van der Waals surface area contributed by atoms with Crippen LogP contribution in [0, 0.1) is 11.6 Å². The second-order valence-corrected chi connectivity index (χ2v) is 4.97. The Morgan fingerprint density at radius 2 is 2.05 bits per heavy atom. The van der Waals surface area contributed by atoms with Gasteiger partial charge in [0.1, 0.15) is 11.6 Å². The van der Waals surface area contributed by atoms with Gasteiger partial charge in [0.05, 0.1) is 24.0 Å². The molecule has 2 N–H and O–H groups in total. The number of hydrogen-bond acceptors (Lipinski definition) is 3. The monoisotopic (exact) mass is 309 g/mol. The average molecular weight is 309 g/mol. The Morgan fingerprint density at radius 1 is 1.36 bits per heavy atom. The summed E-state index contributed by atoms with van der Waals surface area (Å²) < 4.78 is 27.8. The molecule has 0 spiro atoms. The quantitative estimate of drug-likeness (QED) is 0.825. The molecule has 22 heavy (non-hydrogen) atoms. The first kappa shape index (κ1) is 16.1. The Labute approximate surface area is 126 Å². The van der Waals surface area contributed by atoms with Crippen molar-refractivity contribution in [3.05, 3.63) is 41.6 Å². The Kier molecular flexibility index (Phi) is 5.21. The van der Waals surface area contributed by atoms with Crippen molar-refractivity contribution in [2.75, 3.05) is 13.1 Å². The maximum Gasteiger partial charge on any atom is 0.317 e. The lowest BCUT2D eigenvalue weighted by Crippen LogP contribution is -2.30. The summed E-state index contributed by atoms with van der Waals surface area (Å²) in [4.78, 5) is 12.6. The van der Waals surface area contributed by atoms with Crippen molar-refractivity contribution < 1.29 is 18.7 Å². The number of rotatable bonds is 7. The van der Waals surface area contributed by atoms with Crippen molar-refractivity contribution in [2.45, 2.75) is 19.9 Å². The topological polar surface area (TPSA) is 69.2 Å². The first-order valence-corrected chi connectivity index (χ1v) is 6.93. The lowest BCUT2D eigenvalue weighted by molar-refractivity contribution is -0.138. The SMILES string of the molecule is CCCN(CC(=O)O)Cc1cn[nH]c1-c1c(F)cccc1F. The molecule has 0 bridgehead atoms. The molecule has 2 aromatic rings. The molecule has 118 valence electrons. The number of benzene rings is 1. The number of carboxylic acids is 1. The van der Waals surface area contributed by atoms with E-state index in [4.69, 9.17) is 5.11 Å². The van der Waals surface area contributed by atoms with Gasteiger partial charge in [-0.1, -0.05) is 13.0 Å². The van der Waals surface area contributed by atoms with E-state index < -0.39 is 17.6 Å². The smallest absolute Gasteiger partial charge is 0.317 e. The fourth-order valence-corrected chi connectivity index (χ4v) is 2.35. The minimum atomic E-state index is -0.949. The number of carbonyl (C=O) groups is 1. The fourth-order valence-electron chi connectivity index (χ4n) is 2.35. The molecule has 2 rings (SSSR count). The van der Waals surface area contributed by atoms with Crippen LogP contribution in [0.5, 0.6) is 0 Å². The zero-order chi connectivity index (χ0) is 16.1. The second kappa shape index (κ2) is 7.13. The number of halogens is 2. The summed E-state index contributed by atoms with van der Waals surface area (Å²) in [5.74, 6) is -2.33. The third-order valence-electron chi connectivity index (χ3n) is 3.22. The van der Waals surface area contributed by atoms with Crippen molar-refractivity contribution in [1.29, 1.82) is 0 Å². The van der Waals surface area contributed by atoms with Crippen molar-refractivity contribution in [1.82, 2.24) is 15.1 Å². The number of H-pyrrole nitrogens is 1. The van der Waals surface area contributed by atoms with Crippen LogP contribution < -0.4 is 0 Å². The van der Waals surface area contributed by atoms with Crippen LogP contribution in [0.1, 0.15) is 18.9 Å². The zero-order valence-electron chi connectivity index (χ0n) is 12.1. The predicted octanol–water partition coefficient (Wildman–Crippen LogP) is 2.65. The van der Waals surface area contributed by atoms with Crippen LogP contribution in [-0.2, 0) is 11.3 Å². The van der Waals surface area contributed by atoms with E-state index in [1.807, 2.05) is 6.92 Å². The van der Waals surface area contributed by atoms with Crippen molar-refractivity contribution in [3.8, 4) is 11.3 Å². The van der Waals surface area contributed by atoms with E-state index in [9.17, 15) is 13.6 Å². The minimum Gasteiger partial charge on any atom is -0.480 e. The molecule has 0 atom stereocenters. The van der Waals surface area contributed by atoms with Gasteiger partial charge in [0.15, 0.2) is 0 Å². The fraction of sp³-hybridized carbons (Fsp3) is 0.333. The number of nitrogens with one attached hydrogen (secondary N) is 1. The molecule has 0 radical (unpaired) electrons. The summed E-state index contributed by atoms with van der Waals surface area (Å²) in [6, 6.07) is 3.63. The molecule has 1 aromatic heterocycles. The van der Waals surface area contributed by atoms with Gasteiger partial charge in [0.2, 0.25) is 0 Å². The highest BCUT2D eigenvalue weighted by Gasteiger charge is 2.19. The Morgan fingerprint density at radius 3 is 2.64 bits per heavy atom. The molecule has 1 heterocycles. The lowest BCUT2D eigenvalue weighted by Gasteiger charge is -2.19. The van der Waals surface area contributed by atoms with E-state index >= 15 is 0 Å². The van der Waals surface area contributed by atoms with Crippen LogP contribution >= 0.6 is 0 Å². The van der Waals surface area contributed by atoms with Gasteiger partial charge in [-0.15, -0.1) is 0 Å². The van der Waals surface area contributed by atoms with E-state index in [0.717, 1.165) is 6.42 Å². The molecule has 0 fully saturated rings. The summed E-state index contributed by atoms with van der Waals surface area (Å²) in [6.07, 6.45) is 2.24. The molecule has 0 amide bonds. The van der Waals surface area contributed by atoms with E-state index in [-0.39, 0.29) is 24.3 Å². The molecule has 0 aliphatic carbocycles. The van der Waals surface area contributed by atoms with Crippen LogP contribution in [0.2, 0.25) is 0 Å². The van der Waals surface area contributed by atoms with E-state index in [1.54, 1.807) is 4.90 Å². The van der Waals surface area contributed by atoms with Crippen LogP contribution in [0.4, 0.5) is 8.78 Å². The zero-order valence-corrected chi connectivity index (χ0v) is 12.1. The van der Waals surface area contributed by atoms with Crippen LogP contribution in [0.3, 0.4) is 0 Å². The van der Waals surface area contributed by atoms with Crippen LogP contribution in [0.25, 0.3) is 11.3 Å². The van der Waals surface area contributed by atoms with Crippen molar-refractivity contribution in [2.24, 2.45) is 0 Å². The van der Waals surface area contributed by atoms with Gasteiger partial charge in [-0.2, -0.15) is 5.10 Å². The number of carboxylic acid groups (broad SMARTS) is 1. The van der Waals surface area contributed by atoms with Gasteiger partial charge in [0.25, 0.3) is 0 Å². The first-order valence-electron chi connectivity index (χ1n) is 6.93. The summed E-state index contributed by atoms with van der Waals surface area (Å²) >= 11 is 0. The van der Waals surface area contributed by atoms with Crippen LogP contribution in [-0.4, -0.2) is 39.3 Å². The van der Waals surface area contributed by atoms with Gasteiger partial charge in [-0.05, 0) is 25.1 Å². The Bertz CT molecular complexity index is 638. The van der Waals surface area contributed by atoms with Gasteiger partial charge in [-0.3, -0.25) is 14.8 Å². The van der Waals surface area contributed by atoms with E-state index in [0.29, 0.717) is 12.1 Å². The average Bonchev–Trinajstić information content (AvgIpc) is 2.86. The molecule has 5 nitrogen and oxygen atoms in total. The van der Waals surface area contributed by atoms with Gasteiger partial charge in [-0.25, -0.2) is 8.78 Å². The predicted molar refractivity (Wildman–Crippen MR) is 77.1 cm³/mol. The van der Waals surface area contributed by atoms with Gasteiger partial charge < -0.3 is 5.11 Å². The molecule has 0 unspecified atom stereocenters. The Balaban J connectivity index is 2.31. The highest BCUT2D eigenvalue weighted by molar-refractivity contribution is 5.69. The largest absolute Gasteiger partial charge is 0.480 e. The number of nitrogens with zero attached hydrogens (tertiary/aromatic N) is 2. The third kappa shape index (κ3) is 3.67. The van der Waals surface area contributed by atoms with Gasteiger partial charge >= 0.3 is 5.97 Å². The van der Waals surface area contributed by atoms with E-state index in [2.05, 4.69) is 10.2 Å². The third-order valence-corrected chi connectivity index (χ3v) is 3.22. The summed E-state index contributed by atoms with van der Waals surface area (Å²) in [5, 5.41) is 15.4. The molecule has 0 aliphatic heterocycles. The molecule has 0 saturated carbocycles. The molecule has 0 saturated heterocycles. The highest BCUT2D eigenvalue weighted by Crippen LogP contribution is 2.27. The number of hydrogen-bond donors (Lipinski definition) is 2. The molecule has 0 aliphatic rings. The maximum absolute atomic E-state index is 13.9.